The minimum Gasteiger partial charge on any atom is -0.508 e. The van der Waals surface area contributed by atoms with Gasteiger partial charge in [0, 0.05) is 48.5 Å². The molecule has 456 valence electrons. The van der Waals surface area contributed by atoms with Gasteiger partial charge in [-0.25, -0.2) is 4.99 Å². The maximum atomic E-state index is 14.5. The van der Waals surface area contributed by atoms with Gasteiger partial charge in [0.2, 0.25) is 5.72 Å². The highest BCUT2D eigenvalue weighted by Crippen LogP contribution is 2.56. The smallest absolute Gasteiger partial charge is 0.268 e. The predicted molar refractivity (Wildman–Crippen MR) is 344 cm³/mol. The number of aliphatic hydroxyl groups excluding tert-OH is 2. The molecular weight excluding hydrogens is 1120 g/mol. The van der Waals surface area contributed by atoms with E-state index in [2.05, 4.69) is 79.4 Å². The number of allylic oxidation sites excluding steroid dienone is 1. The van der Waals surface area contributed by atoms with E-state index < -0.39 is 56.7 Å². The van der Waals surface area contributed by atoms with E-state index in [-0.39, 0.29) is 66.9 Å². The highest BCUT2D eigenvalue weighted by Gasteiger charge is 2.51. The van der Waals surface area contributed by atoms with Gasteiger partial charge in [-0.05, 0) is 192 Å². The number of guanidine groups is 1. The summed E-state index contributed by atoms with van der Waals surface area (Å²) < 4.78 is 55.5. The van der Waals surface area contributed by atoms with Crippen molar-refractivity contribution in [3.63, 3.8) is 0 Å². The molecule has 3 aliphatic carbocycles. The quantitative estimate of drug-likeness (QED) is 0.0201. The Bertz CT molecular complexity index is 3930. The van der Waals surface area contributed by atoms with E-state index in [1.54, 1.807) is 12.1 Å². The minimum atomic E-state index is -4.72. The van der Waals surface area contributed by atoms with E-state index in [0.29, 0.717) is 68.2 Å². The fraction of sp³-hybridized carbons (Fsp3) is 0.400. The number of nitrogens with zero attached hydrogens (tertiary/aromatic N) is 1. The Morgan fingerprint density at radius 2 is 1.59 bits per heavy atom. The van der Waals surface area contributed by atoms with Gasteiger partial charge in [0.1, 0.15) is 17.6 Å². The monoisotopic (exact) mass is 1200 g/mol. The standard InChI is InChI=1S/C75H81N3O9S/c1-46-19-20-55-38-62-30-32-65(55)67(46)42-70(88(83,84)85)68-40-58-36-57(39-63-35-48(45-79)12-7-15-53-37-61(80)29-31-66(53)72(58)86-63)71(68)52-25-27-59(28-26-52)75(87-62,78-73(76)77)44-60(34-47-10-3-2-4-11-47)74(82)33-9-17-56(43-74)49-21-23-51(24-22-49)69(81)41-54-16-8-14-50-13-5-6-18-64(50)54/h2-6,8,10-11,13-14,16,18,21-32,37-38,40,46,48,56-57,60,63,67-72,79-82H,9,12,17,19-20,33-36,39,41-45H2,1H3,(H4,76,77,78)(H,83,84,85). The van der Waals surface area contributed by atoms with Gasteiger partial charge >= 0.3 is 0 Å². The first-order valence-electron chi connectivity index (χ1n) is 31.8. The highest BCUT2D eigenvalue weighted by molar-refractivity contribution is 7.86. The molecule has 9 N–H and O–H groups in total. The zero-order chi connectivity index (χ0) is 60.9. The molecule has 88 heavy (non-hydrogen) atoms. The van der Waals surface area contributed by atoms with Crippen LogP contribution >= 0.6 is 0 Å². The van der Waals surface area contributed by atoms with Crippen LogP contribution in [0.2, 0.25) is 0 Å². The summed E-state index contributed by atoms with van der Waals surface area (Å²) in [7, 11) is -4.72. The number of phenolic OH excluding ortho intramolecular Hbond substituents is 1. The van der Waals surface area contributed by atoms with Crippen LogP contribution in [0.1, 0.15) is 163 Å². The molecule has 12 nitrogen and oxygen atoms in total. The van der Waals surface area contributed by atoms with Crippen LogP contribution in [0.15, 0.2) is 174 Å². The van der Waals surface area contributed by atoms with E-state index in [4.69, 9.17) is 25.9 Å². The molecule has 0 amide bonds. The normalized spacial score (nSPS) is 29.0. The van der Waals surface area contributed by atoms with Gasteiger partial charge in [0.15, 0.2) is 5.96 Å². The molecule has 7 aromatic carbocycles. The fourth-order valence-electron chi connectivity index (χ4n) is 16.6. The molecule has 2 fully saturated rings. The summed E-state index contributed by atoms with van der Waals surface area (Å²) in [5.41, 5.74) is 20.4. The van der Waals surface area contributed by atoms with Crippen molar-refractivity contribution in [1.29, 1.82) is 0 Å². The number of nitrogens with two attached hydrogens (primary N) is 2. The lowest BCUT2D eigenvalue weighted by atomic mass is 9.64. The van der Waals surface area contributed by atoms with Crippen molar-refractivity contribution >= 4 is 26.9 Å². The predicted octanol–water partition coefficient (Wildman–Crippen LogP) is 12.9. The molecule has 5 heterocycles. The summed E-state index contributed by atoms with van der Waals surface area (Å²) in [6.45, 7) is 2.09. The van der Waals surface area contributed by atoms with Crippen molar-refractivity contribution in [3.05, 3.63) is 225 Å². The number of fused-ring (bicyclic) bond motifs is 10. The van der Waals surface area contributed by atoms with Gasteiger partial charge in [0.25, 0.3) is 10.1 Å². The van der Waals surface area contributed by atoms with Crippen molar-refractivity contribution in [1.82, 2.24) is 0 Å². The third kappa shape index (κ3) is 12.2. The Hall–Kier alpha value is -7.28. The van der Waals surface area contributed by atoms with E-state index in [9.17, 15) is 33.4 Å². The number of phenols is 1. The maximum absolute atomic E-state index is 14.5. The Balaban J connectivity index is 0.909. The number of aliphatic imine (C=N–C) groups is 1. The van der Waals surface area contributed by atoms with Gasteiger partial charge < -0.3 is 41.4 Å². The number of hydrogen-bond acceptors (Lipinski definition) is 9. The molecule has 14 unspecified atom stereocenters. The second-order valence-electron chi connectivity index (χ2n) is 26.6. The second-order valence-corrected chi connectivity index (χ2v) is 28.2. The van der Waals surface area contributed by atoms with Crippen LogP contribution in [0.5, 0.6) is 11.5 Å². The number of benzene rings is 7. The van der Waals surface area contributed by atoms with Crippen LogP contribution in [0.3, 0.4) is 0 Å². The number of rotatable bonds is 12. The number of aliphatic hydroxyl groups is 3. The lowest BCUT2D eigenvalue weighted by Crippen LogP contribution is -2.48. The number of ether oxygens (including phenoxy) is 2. The van der Waals surface area contributed by atoms with Crippen LogP contribution < -0.4 is 16.2 Å². The summed E-state index contributed by atoms with van der Waals surface area (Å²) in [5.74, 6) is 4.91. The van der Waals surface area contributed by atoms with Crippen molar-refractivity contribution in [3.8, 4) is 23.3 Å². The largest absolute Gasteiger partial charge is 0.508 e. The summed E-state index contributed by atoms with van der Waals surface area (Å²) >= 11 is 0. The maximum Gasteiger partial charge on any atom is 0.268 e. The van der Waals surface area contributed by atoms with Gasteiger partial charge in [-0.3, -0.25) is 4.55 Å². The van der Waals surface area contributed by atoms with Crippen LogP contribution in [0.4, 0.5) is 0 Å². The fourth-order valence-corrected chi connectivity index (χ4v) is 17.7. The van der Waals surface area contributed by atoms with Crippen LogP contribution in [-0.4, -0.2) is 62.9 Å². The third-order valence-electron chi connectivity index (χ3n) is 21.0. The first-order chi connectivity index (χ1) is 42.5. The average molecular weight is 1200 g/mol. The third-order valence-corrected chi connectivity index (χ3v) is 22.3. The van der Waals surface area contributed by atoms with Gasteiger partial charge in [-0.2, -0.15) is 8.42 Å². The second kappa shape index (κ2) is 24.6. The lowest BCUT2D eigenvalue weighted by molar-refractivity contribution is -0.0834. The Morgan fingerprint density at radius 1 is 0.830 bits per heavy atom. The zero-order valence-electron chi connectivity index (χ0n) is 50.0. The molecule has 1 saturated heterocycles. The molecule has 0 aromatic heterocycles. The van der Waals surface area contributed by atoms with Crippen molar-refractivity contribution in [2.24, 2.45) is 46.0 Å². The molecule has 8 aliphatic rings. The van der Waals surface area contributed by atoms with Crippen LogP contribution in [0, 0.1) is 41.4 Å². The summed E-state index contributed by atoms with van der Waals surface area (Å²) in [6.07, 6.45) is 8.02. The Kier molecular flexibility index (Phi) is 16.7. The van der Waals surface area contributed by atoms with E-state index >= 15 is 0 Å². The van der Waals surface area contributed by atoms with Gasteiger partial charge in [-0.15, -0.1) is 0 Å². The van der Waals surface area contributed by atoms with Crippen LogP contribution in [-0.2, 0) is 39.8 Å². The SMILES string of the molecule is CC1CCc2cc3ccc2C1CC(S(=O)(=O)O)C1C=C2CC(CC4CC(CO)CC#Cc5cc(O)ccc5C2O4)C1c1ccc(cc1)C(CC(Cc1ccccc1)C1(O)CCCC(c2ccc(C(O)Cc4cccc5ccccc45)cc2)C1)(N=C(N)N)O3. The molecule has 14 atom stereocenters. The van der Waals surface area contributed by atoms with E-state index in [0.717, 1.165) is 86.5 Å². The number of hydrogen-bond donors (Lipinski definition) is 7. The molecule has 10 bridgehead atoms. The zero-order valence-corrected chi connectivity index (χ0v) is 50.8. The minimum absolute atomic E-state index is 0.0107. The molecule has 15 rings (SSSR count). The first-order valence-corrected chi connectivity index (χ1v) is 33.3. The van der Waals surface area contributed by atoms with Crippen molar-refractivity contribution < 1.29 is 42.9 Å². The number of aryl methyl sites for hydroxylation is 1. The summed E-state index contributed by atoms with van der Waals surface area (Å²) in [6, 6.07) is 52.3. The number of aromatic hydroxyl groups is 1. The Morgan fingerprint density at radius 3 is 2.38 bits per heavy atom. The van der Waals surface area contributed by atoms with Gasteiger partial charge in [-0.1, -0.05) is 158 Å². The first kappa shape index (κ1) is 59.7. The van der Waals surface area contributed by atoms with Crippen molar-refractivity contribution in [2.45, 2.75) is 149 Å². The topological polar surface area (TPSA) is 218 Å². The van der Waals surface area contributed by atoms with E-state index in [1.807, 2.05) is 91.0 Å². The summed E-state index contributed by atoms with van der Waals surface area (Å²) in [4.78, 5) is 5.19. The molecule has 1 saturated carbocycles. The average Bonchev–Trinajstić information content (AvgIpc) is 3.78. The molecular formula is C75H81N3O9S. The van der Waals surface area contributed by atoms with Gasteiger partial charge in [0.05, 0.1) is 23.1 Å². The molecule has 5 aliphatic heterocycles. The highest BCUT2D eigenvalue weighted by atomic mass is 32.2. The van der Waals surface area contributed by atoms with E-state index in [1.165, 1.54) is 0 Å². The molecule has 13 heteroatoms. The molecule has 7 aromatic rings. The molecule has 0 radical (unpaired) electrons. The Labute approximate surface area is 517 Å². The van der Waals surface area contributed by atoms with Crippen LogP contribution in [0.25, 0.3) is 10.8 Å². The lowest BCUT2D eigenvalue weighted by Gasteiger charge is -2.46. The summed E-state index contributed by atoms with van der Waals surface area (Å²) in [5, 5.41) is 47.9. The molecule has 0 spiro atoms. The van der Waals surface area contributed by atoms with Crippen molar-refractivity contribution in [2.75, 3.05) is 6.61 Å².